The average molecular weight is 282 g/mol. The van der Waals surface area contributed by atoms with Crippen molar-refractivity contribution >= 4 is 23.2 Å². The summed E-state index contributed by atoms with van der Waals surface area (Å²) in [5, 5.41) is 6.88. The third kappa shape index (κ3) is 3.85. The summed E-state index contributed by atoms with van der Waals surface area (Å²) < 4.78 is 0. The van der Waals surface area contributed by atoms with Crippen molar-refractivity contribution in [3.8, 4) is 0 Å². The first kappa shape index (κ1) is 14.2. The number of carbonyl (C=O) groups is 1. The second-order valence-corrected chi connectivity index (χ2v) is 5.50. The second-order valence-electron chi connectivity index (χ2n) is 5.09. The van der Waals surface area contributed by atoms with E-state index in [2.05, 4.69) is 30.5 Å². The molecule has 4 nitrogen and oxygen atoms in total. The van der Waals surface area contributed by atoms with Gasteiger partial charge in [-0.3, -0.25) is 4.79 Å². The van der Waals surface area contributed by atoms with Gasteiger partial charge < -0.3 is 15.5 Å². The SMILES string of the molecule is CC(C)NCc1ccc(N2CCNC(=O)C2)c(Cl)c1. The average Bonchev–Trinajstić information content (AvgIpc) is 2.36. The largest absolute Gasteiger partial charge is 0.359 e. The van der Waals surface area contributed by atoms with Gasteiger partial charge in [0.05, 0.1) is 17.3 Å². The lowest BCUT2D eigenvalue weighted by Gasteiger charge is -2.29. The molecule has 0 bridgehead atoms. The Morgan fingerprint density at radius 1 is 1.47 bits per heavy atom. The Balaban J connectivity index is 2.08. The molecule has 1 aromatic carbocycles. The van der Waals surface area contributed by atoms with Crippen molar-refractivity contribution in [1.82, 2.24) is 10.6 Å². The van der Waals surface area contributed by atoms with Crippen LogP contribution in [0.5, 0.6) is 0 Å². The van der Waals surface area contributed by atoms with Crippen LogP contribution >= 0.6 is 11.6 Å². The van der Waals surface area contributed by atoms with Gasteiger partial charge in [-0.1, -0.05) is 31.5 Å². The maximum atomic E-state index is 11.4. The minimum atomic E-state index is 0.0490. The standard InChI is InChI=1S/C14H20ClN3O/c1-10(2)17-8-11-3-4-13(12(15)7-11)18-6-5-16-14(19)9-18/h3-4,7,10,17H,5-6,8-9H2,1-2H3,(H,16,19). The number of nitrogens with one attached hydrogen (secondary N) is 2. The summed E-state index contributed by atoms with van der Waals surface area (Å²) in [5.41, 5.74) is 2.09. The summed E-state index contributed by atoms with van der Waals surface area (Å²) >= 11 is 6.32. The second kappa shape index (κ2) is 6.26. The van der Waals surface area contributed by atoms with E-state index < -0.39 is 0 Å². The molecule has 1 aromatic rings. The zero-order valence-electron chi connectivity index (χ0n) is 11.4. The zero-order chi connectivity index (χ0) is 13.8. The van der Waals surface area contributed by atoms with Crippen LogP contribution in [-0.2, 0) is 11.3 Å². The van der Waals surface area contributed by atoms with Crippen molar-refractivity contribution < 1.29 is 4.79 Å². The monoisotopic (exact) mass is 281 g/mol. The minimum absolute atomic E-state index is 0.0490. The van der Waals surface area contributed by atoms with Crippen LogP contribution in [0.4, 0.5) is 5.69 Å². The molecule has 1 aliphatic rings. The molecule has 0 saturated carbocycles. The van der Waals surface area contributed by atoms with Crippen LogP contribution in [0.15, 0.2) is 18.2 Å². The van der Waals surface area contributed by atoms with E-state index in [1.54, 1.807) is 0 Å². The van der Waals surface area contributed by atoms with Gasteiger partial charge in [0, 0.05) is 25.7 Å². The Morgan fingerprint density at radius 3 is 2.89 bits per heavy atom. The molecule has 2 N–H and O–H groups in total. The summed E-state index contributed by atoms with van der Waals surface area (Å²) in [5.74, 6) is 0.0490. The Bertz CT molecular complexity index is 462. The normalized spacial score (nSPS) is 15.8. The van der Waals surface area contributed by atoms with Crippen molar-refractivity contribution in [3.63, 3.8) is 0 Å². The summed E-state index contributed by atoms with van der Waals surface area (Å²) in [6, 6.07) is 6.48. The molecule has 0 spiro atoms. The van der Waals surface area contributed by atoms with Crippen LogP contribution in [-0.4, -0.2) is 31.6 Å². The number of rotatable bonds is 4. The van der Waals surface area contributed by atoms with Gasteiger partial charge >= 0.3 is 0 Å². The van der Waals surface area contributed by atoms with E-state index in [1.165, 1.54) is 0 Å². The van der Waals surface area contributed by atoms with Gasteiger partial charge in [0.1, 0.15) is 0 Å². The number of nitrogens with zero attached hydrogens (tertiary/aromatic N) is 1. The number of anilines is 1. The number of benzene rings is 1. The molecule has 104 valence electrons. The fraction of sp³-hybridized carbons (Fsp3) is 0.500. The van der Waals surface area contributed by atoms with Gasteiger partial charge in [-0.2, -0.15) is 0 Å². The van der Waals surface area contributed by atoms with Gasteiger partial charge in [0.2, 0.25) is 5.91 Å². The van der Waals surface area contributed by atoms with E-state index in [9.17, 15) is 4.79 Å². The van der Waals surface area contributed by atoms with Crippen LogP contribution in [0.3, 0.4) is 0 Å². The van der Waals surface area contributed by atoms with Crippen LogP contribution in [0.1, 0.15) is 19.4 Å². The molecule has 0 aromatic heterocycles. The van der Waals surface area contributed by atoms with Crippen molar-refractivity contribution in [1.29, 1.82) is 0 Å². The molecule has 5 heteroatoms. The molecule has 0 unspecified atom stereocenters. The molecule has 1 saturated heterocycles. The highest BCUT2D eigenvalue weighted by molar-refractivity contribution is 6.33. The van der Waals surface area contributed by atoms with Gasteiger partial charge in [-0.25, -0.2) is 0 Å². The minimum Gasteiger partial charge on any atom is -0.359 e. The van der Waals surface area contributed by atoms with Gasteiger partial charge in [-0.05, 0) is 17.7 Å². The van der Waals surface area contributed by atoms with E-state index in [0.717, 1.165) is 24.3 Å². The number of piperazine rings is 1. The summed E-state index contributed by atoms with van der Waals surface area (Å²) in [6.45, 7) is 6.88. The molecule has 0 radical (unpaired) electrons. The highest BCUT2D eigenvalue weighted by atomic mass is 35.5. The maximum absolute atomic E-state index is 11.4. The van der Waals surface area contributed by atoms with Crippen LogP contribution in [0.2, 0.25) is 5.02 Å². The lowest BCUT2D eigenvalue weighted by atomic mass is 10.1. The van der Waals surface area contributed by atoms with Crippen LogP contribution < -0.4 is 15.5 Å². The van der Waals surface area contributed by atoms with E-state index in [0.29, 0.717) is 24.2 Å². The molecule has 1 aliphatic heterocycles. The molecule has 1 fully saturated rings. The Hall–Kier alpha value is -1.26. The molecule has 0 aliphatic carbocycles. The molecular formula is C14H20ClN3O. The topological polar surface area (TPSA) is 44.4 Å². The summed E-state index contributed by atoms with van der Waals surface area (Å²) in [4.78, 5) is 13.4. The van der Waals surface area contributed by atoms with Crippen LogP contribution in [0.25, 0.3) is 0 Å². The summed E-state index contributed by atoms with van der Waals surface area (Å²) in [7, 11) is 0. The number of hydrogen-bond acceptors (Lipinski definition) is 3. The Morgan fingerprint density at radius 2 is 2.26 bits per heavy atom. The van der Waals surface area contributed by atoms with Crippen molar-refractivity contribution in [2.24, 2.45) is 0 Å². The lowest BCUT2D eigenvalue weighted by molar-refractivity contribution is -0.120. The number of amides is 1. The first-order chi connectivity index (χ1) is 9.06. The number of carbonyl (C=O) groups excluding carboxylic acids is 1. The third-order valence-corrected chi connectivity index (χ3v) is 3.41. The lowest BCUT2D eigenvalue weighted by Crippen LogP contribution is -2.47. The van der Waals surface area contributed by atoms with Gasteiger partial charge in [-0.15, -0.1) is 0 Å². The predicted molar refractivity (Wildman–Crippen MR) is 78.7 cm³/mol. The highest BCUT2D eigenvalue weighted by Crippen LogP contribution is 2.27. The molecule has 1 amide bonds. The van der Waals surface area contributed by atoms with E-state index in [-0.39, 0.29) is 5.91 Å². The number of hydrogen-bond donors (Lipinski definition) is 2. The van der Waals surface area contributed by atoms with Crippen molar-refractivity contribution in [2.45, 2.75) is 26.4 Å². The molecular weight excluding hydrogens is 262 g/mol. The third-order valence-electron chi connectivity index (χ3n) is 3.11. The van der Waals surface area contributed by atoms with Gasteiger partial charge in [0.15, 0.2) is 0 Å². The highest BCUT2D eigenvalue weighted by Gasteiger charge is 2.18. The van der Waals surface area contributed by atoms with Crippen LogP contribution in [0, 0.1) is 0 Å². The van der Waals surface area contributed by atoms with E-state index in [1.807, 2.05) is 17.0 Å². The predicted octanol–water partition coefficient (Wildman–Crippen LogP) is 1.77. The quantitative estimate of drug-likeness (QED) is 0.884. The first-order valence-corrected chi connectivity index (χ1v) is 6.97. The molecule has 19 heavy (non-hydrogen) atoms. The van der Waals surface area contributed by atoms with Crippen molar-refractivity contribution in [2.75, 3.05) is 24.5 Å². The smallest absolute Gasteiger partial charge is 0.239 e. The summed E-state index contributed by atoms with van der Waals surface area (Å²) in [6.07, 6.45) is 0. The molecule has 0 atom stereocenters. The molecule has 1 heterocycles. The fourth-order valence-electron chi connectivity index (χ4n) is 2.08. The van der Waals surface area contributed by atoms with E-state index in [4.69, 9.17) is 11.6 Å². The first-order valence-electron chi connectivity index (χ1n) is 6.59. The van der Waals surface area contributed by atoms with Crippen molar-refractivity contribution in [3.05, 3.63) is 28.8 Å². The Labute approximate surface area is 119 Å². The number of halogens is 1. The van der Waals surface area contributed by atoms with Gasteiger partial charge in [0.25, 0.3) is 0 Å². The van der Waals surface area contributed by atoms with E-state index >= 15 is 0 Å². The molecule has 2 rings (SSSR count). The fourth-order valence-corrected chi connectivity index (χ4v) is 2.41. The Kier molecular flexibility index (Phi) is 4.66. The zero-order valence-corrected chi connectivity index (χ0v) is 12.1. The maximum Gasteiger partial charge on any atom is 0.239 e.